The predicted molar refractivity (Wildman–Crippen MR) is 197 cm³/mol. The van der Waals surface area contributed by atoms with Crippen molar-refractivity contribution in [1.29, 1.82) is 0 Å². The topological polar surface area (TPSA) is 292 Å². The minimum absolute atomic E-state index is 0.00472. The number of esters is 1. The number of rotatable bonds is 25. The van der Waals surface area contributed by atoms with Gasteiger partial charge in [0.15, 0.2) is 18.7 Å². The van der Waals surface area contributed by atoms with E-state index < -0.39 is 92.7 Å². The van der Waals surface area contributed by atoms with Crippen molar-refractivity contribution < 1.29 is 78.2 Å². The molecule has 19 nitrogen and oxygen atoms in total. The van der Waals surface area contributed by atoms with Crippen molar-refractivity contribution in [2.45, 2.75) is 113 Å². The van der Waals surface area contributed by atoms with Crippen LogP contribution in [0, 0.1) is 0 Å². The van der Waals surface area contributed by atoms with Gasteiger partial charge in [0.1, 0.15) is 54.6 Å². The Balaban J connectivity index is 1.34. The lowest BCUT2D eigenvalue weighted by Crippen LogP contribution is -2.65. The summed E-state index contributed by atoms with van der Waals surface area (Å²) in [5, 5.41) is 61.5. The maximum absolute atomic E-state index is 12.4. The summed E-state index contributed by atoms with van der Waals surface area (Å²) in [5.74, 6) is -0.0575. The molecule has 2 heterocycles. The molecule has 0 bridgehead atoms. The van der Waals surface area contributed by atoms with Gasteiger partial charge in [-0.2, -0.15) is 0 Å². The minimum atomic E-state index is -1.86. The highest BCUT2D eigenvalue weighted by Gasteiger charge is 2.52. The summed E-state index contributed by atoms with van der Waals surface area (Å²) in [6.07, 6.45) is -14.9. The molecule has 56 heavy (non-hydrogen) atoms. The first-order valence-corrected chi connectivity index (χ1v) is 19.3. The summed E-state index contributed by atoms with van der Waals surface area (Å²) in [6.45, 7) is 2.40. The fraction of sp³-hybridized carbons (Fsp3) is 0.750. The van der Waals surface area contributed by atoms with Crippen molar-refractivity contribution in [2.24, 2.45) is 11.5 Å². The summed E-state index contributed by atoms with van der Waals surface area (Å²) in [4.78, 5) is 38.3. The van der Waals surface area contributed by atoms with Gasteiger partial charge in [-0.15, -0.1) is 11.6 Å². The molecule has 0 saturated carbocycles. The zero-order valence-corrected chi connectivity index (χ0v) is 32.3. The number of ketones is 1. The van der Waals surface area contributed by atoms with Crippen LogP contribution in [0.25, 0.3) is 0 Å². The molecule has 0 aromatic heterocycles. The van der Waals surface area contributed by atoms with Crippen molar-refractivity contribution in [3.8, 4) is 0 Å². The molecule has 320 valence electrons. The number of primary amides is 1. The third kappa shape index (κ3) is 14.6. The number of carbonyl (C=O) groups is 3. The van der Waals surface area contributed by atoms with E-state index in [1.165, 1.54) is 0 Å². The molecular formula is C36H58ClN3O16. The van der Waals surface area contributed by atoms with Gasteiger partial charge in [0.05, 0.1) is 33.0 Å². The van der Waals surface area contributed by atoms with Gasteiger partial charge in [-0.3, -0.25) is 9.59 Å². The summed E-state index contributed by atoms with van der Waals surface area (Å²) in [5.41, 5.74) is 13.1. The van der Waals surface area contributed by atoms with Gasteiger partial charge in [-0.05, 0) is 43.4 Å². The number of Topliss-reactive ketones (excluding diaryl/α,β-unsaturated/α-hetero) is 1. The fourth-order valence-corrected chi connectivity index (χ4v) is 6.43. The highest BCUT2D eigenvalue weighted by atomic mass is 35.5. The Hall–Kier alpha value is -2.76. The number of ether oxygens (including phenoxy) is 7. The number of anilines is 1. The van der Waals surface area contributed by atoms with Crippen LogP contribution in [-0.2, 0) is 49.2 Å². The van der Waals surface area contributed by atoms with E-state index in [-0.39, 0.29) is 45.1 Å². The number of nitrogens with two attached hydrogens (primary N) is 2. The Labute approximate surface area is 330 Å². The normalized spacial score (nSPS) is 28.4. The van der Waals surface area contributed by atoms with Crippen LogP contribution in [0.3, 0.4) is 0 Å². The van der Waals surface area contributed by atoms with Crippen LogP contribution < -0.4 is 16.4 Å². The van der Waals surface area contributed by atoms with Crippen LogP contribution in [0.15, 0.2) is 24.3 Å². The van der Waals surface area contributed by atoms with Gasteiger partial charge in [-0.1, -0.05) is 19.1 Å². The lowest BCUT2D eigenvalue weighted by atomic mass is 9.97. The van der Waals surface area contributed by atoms with Gasteiger partial charge in [0, 0.05) is 44.1 Å². The van der Waals surface area contributed by atoms with Crippen molar-refractivity contribution in [2.75, 3.05) is 63.5 Å². The lowest BCUT2D eigenvalue weighted by molar-refractivity contribution is -0.367. The standard InChI is InChI=1S/C36H58ClN3O16/c1-2-12-40(13-11-37)22-9-7-21(8-10-22)18-24(38)33(48)51-15-4-6-23(43)5-3-14-50-16-17-52-35-32(29(46)27(44)25(19-41)54-35)55-34-30(47)31(56-36(39)49)28(45)26(20-42)53-34/h7-10,24-32,34-35,41-42,44-47H,2-6,11-20,38H2,1H3,(H2,39,49)/t24-,25+,26-,27-,28-,29+,30+,31+,32+,34-,35+/m1/s1. The van der Waals surface area contributed by atoms with Crippen LogP contribution in [0.5, 0.6) is 0 Å². The van der Waals surface area contributed by atoms with Crippen molar-refractivity contribution in [1.82, 2.24) is 0 Å². The van der Waals surface area contributed by atoms with E-state index >= 15 is 0 Å². The minimum Gasteiger partial charge on any atom is -0.465 e. The first kappa shape index (κ1) is 47.6. The second-order valence-electron chi connectivity index (χ2n) is 13.5. The summed E-state index contributed by atoms with van der Waals surface area (Å²) in [7, 11) is 0. The van der Waals surface area contributed by atoms with E-state index in [1.807, 2.05) is 24.3 Å². The molecule has 2 fully saturated rings. The summed E-state index contributed by atoms with van der Waals surface area (Å²) in [6, 6.07) is 6.99. The molecule has 1 aromatic carbocycles. The molecule has 1 aromatic rings. The maximum atomic E-state index is 12.4. The number of amides is 1. The van der Waals surface area contributed by atoms with Crippen molar-refractivity contribution in [3.05, 3.63) is 29.8 Å². The molecular weight excluding hydrogens is 766 g/mol. The number of hydrogen-bond acceptors (Lipinski definition) is 18. The smallest absolute Gasteiger partial charge is 0.404 e. The number of alkyl halides is 1. The highest BCUT2D eigenvalue weighted by Crippen LogP contribution is 2.30. The van der Waals surface area contributed by atoms with Gasteiger partial charge < -0.3 is 80.2 Å². The number of aliphatic hydroxyl groups is 6. The van der Waals surface area contributed by atoms with E-state index in [4.69, 9.17) is 56.2 Å². The molecule has 3 rings (SSSR count). The Morgan fingerprint density at radius 3 is 2.11 bits per heavy atom. The van der Waals surface area contributed by atoms with Crippen LogP contribution in [0.4, 0.5) is 10.5 Å². The molecule has 2 saturated heterocycles. The second-order valence-corrected chi connectivity index (χ2v) is 13.8. The van der Waals surface area contributed by atoms with Crippen molar-refractivity contribution in [3.63, 3.8) is 0 Å². The number of benzene rings is 1. The Bertz CT molecular complexity index is 1310. The Morgan fingerprint density at radius 2 is 1.48 bits per heavy atom. The van der Waals surface area contributed by atoms with Crippen LogP contribution in [0.1, 0.15) is 44.6 Å². The summed E-state index contributed by atoms with van der Waals surface area (Å²) < 4.78 is 37.9. The molecule has 0 aliphatic carbocycles. The van der Waals surface area contributed by atoms with Crippen LogP contribution in [0.2, 0.25) is 0 Å². The quantitative estimate of drug-likeness (QED) is 0.0314. The third-order valence-electron chi connectivity index (χ3n) is 9.20. The summed E-state index contributed by atoms with van der Waals surface area (Å²) >= 11 is 5.92. The molecule has 0 unspecified atom stereocenters. The number of aliphatic hydroxyl groups excluding tert-OH is 6. The van der Waals surface area contributed by atoms with Crippen LogP contribution in [-0.4, -0.2) is 175 Å². The van der Waals surface area contributed by atoms with Gasteiger partial charge in [0.2, 0.25) is 0 Å². The number of nitrogens with zero attached hydrogens (tertiary/aromatic N) is 1. The molecule has 0 radical (unpaired) electrons. The van der Waals surface area contributed by atoms with Crippen molar-refractivity contribution >= 4 is 35.1 Å². The van der Waals surface area contributed by atoms with Crippen LogP contribution >= 0.6 is 11.6 Å². The molecule has 0 spiro atoms. The Kier molecular flexibility index (Phi) is 21.2. The van der Waals surface area contributed by atoms with Gasteiger partial charge in [-0.25, -0.2) is 4.79 Å². The molecule has 1 amide bonds. The SMILES string of the molecule is CCCN(CCCl)c1ccc(C[C@@H](N)C(=O)OCCCC(=O)CCCOCCO[C@H]2O[C@@H](CO)[C@@H](O)[C@H](O)[C@@H]2O[C@H]2O[C@H](CO)[C@@H](O)[C@H](OC(N)=O)[C@@H]2O)cc1. The third-order valence-corrected chi connectivity index (χ3v) is 9.37. The maximum Gasteiger partial charge on any atom is 0.404 e. The zero-order valence-electron chi connectivity index (χ0n) is 31.5. The van der Waals surface area contributed by atoms with E-state index in [2.05, 4.69) is 11.8 Å². The first-order valence-electron chi connectivity index (χ1n) is 18.7. The lowest BCUT2D eigenvalue weighted by Gasteiger charge is -2.46. The number of halogens is 1. The van der Waals surface area contributed by atoms with Gasteiger partial charge in [0.25, 0.3) is 0 Å². The second kappa shape index (κ2) is 24.9. The molecule has 10 N–H and O–H groups in total. The van der Waals surface area contributed by atoms with Gasteiger partial charge >= 0.3 is 12.1 Å². The average Bonchev–Trinajstić information content (AvgIpc) is 3.18. The Morgan fingerprint density at radius 1 is 0.839 bits per heavy atom. The van der Waals surface area contributed by atoms with E-state index in [1.54, 1.807) is 0 Å². The monoisotopic (exact) mass is 823 g/mol. The van der Waals surface area contributed by atoms with E-state index in [0.717, 1.165) is 30.8 Å². The zero-order chi connectivity index (χ0) is 41.2. The van der Waals surface area contributed by atoms with E-state index in [9.17, 15) is 45.0 Å². The molecule has 20 heteroatoms. The predicted octanol–water partition coefficient (Wildman–Crippen LogP) is -1.56. The molecule has 2 aliphatic rings. The largest absolute Gasteiger partial charge is 0.465 e. The number of carbonyl (C=O) groups excluding carboxylic acids is 3. The first-order chi connectivity index (χ1) is 26.8. The number of hydrogen-bond donors (Lipinski definition) is 8. The highest BCUT2D eigenvalue weighted by molar-refractivity contribution is 6.18. The molecule has 2 aliphatic heterocycles. The fourth-order valence-electron chi connectivity index (χ4n) is 6.22. The van der Waals surface area contributed by atoms with E-state index in [0.29, 0.717) is 25.1 Å². The molecule has 11 atom stereocenters. The average molecular weight is 824 g/mol.